The molecule has 162 valence electrons. The Hall–Kier alpha value is -2.34. The molecule has 0 radical (unpaired) electrons. The molecule has 0 saturated carbocycles. The maximum Gasteiger partial charge on any atom is 0.258 e. The average Bonchev–Trinajstić information content (AvgIpc) is 2.76. The number of rotatable bonds is 10. The Kier molecular flexibility index (Phi) is 8.90. The van der Waals surface area contributed by atoms with E-state index < -0.39 is 5.79 Å². The molecule has 3 aromatic rings. The SMILES string of the molecule is CCOc1nc(C(OCC)(OCC)c2ccccc2)c2ccccc2c1OCC.Cl. The zero-order chi connectivity index (χ0) is 20.7. The van der Waals surface area contributed by atoms with Gasteiger partial charge in [0.25, 0.3) is 5.88 Å². The van der Waals surface area contributed by atoms with Crippen molar-refractivity contribution in [1.29, 1.82) is 0 Å². The molecule has 3 rings (SSSR count). The predicted octanol–water partition coefficient (Wildman–Crippen LogP) is 5.73. The van der Waals surface area contributed by atoms with Crippen LogP contribution in [0.5, 0.6) is 11.6 Å². The molecular formula is C24H30ClNO4. The number of fused-ring (bicyclic) bond motifs is 1. The number of aromatic nitrogens is 1. The smallest absolute Gasteiger partial charge is 0.258 e. The van der Waals surface area contributed by atoms with Crippen LogP contribution < -0.4 is 9.47 Å². The minimum atomic E-state index is -1.15. The molecule has 6 heteroatoms. The zero-order valence-electron chi connectivity index (χ0n) is 18.0. The van der Waals surface area contributed by atoms with Crippen molar-refractivity contribution in [2.24, 2.45) is 0 Å². The van der Waals surface area contributed by atoms with Crippen LogP contribution in [0.3, 0.4) is 0 Å². The van der Waals surface area contributed by atoms with Gasteiger partial charge in [-0.3, -0.25) is 0 Å². The van der Waals surface area contributed by atoms with Gasteiger partial charge in [-0.15, -0.1) is 12.4 Å². The van der Waals surface area contributed by atoms with E-state index in [4.69, 9.17) is 23.9 Å². The van der Waals surface area contributed by atoms with Gasteiger partial charge in [-0.25, -0.2) is 4.98 Å². The van der Waals surface area contributed by atoms with Gasteiger partial charge in [0.05, 0.1) is 13.2 Å². The molecule has 0 spiro atoms. The van der Waals surface area contributed by atoms with Crippen LogP contribution in [0.15, 0.2) is 54.6 Å². The van der Waals surface area contributed by atoms with Crippen LogP contribution in [0, 0.1) is 0 Å². The predicted molar refractivity (Wildman–Crippen MR) is 122 cm³/mol. The van der Waals surface area contributed by atoms with Crippen LogP contribution >= 0.6 is 12.4 Å². The van der Waals surface area contributed by atoms with Gasteiger partial charge >= 0.3 is 0 Å². The quantitative estimate of drug-likeness (QED) is 0.384. The van der Waals surface area contributed by atoms with Crippen molar-refractivity contribution in [3.05, 3.63) is 65.9 Å². The summed E-state index contributed by atoms with van der Waals surface area (Å²) < 4.78 is 24.4. The van der Waals surface area contributed by atoms with Gasteiger partial charge in [0.1, 0.15) is 5.69 Å². The Balaban J connectivity index is 0.00000320. The Bertz CT molecular complexity index is 927. The van der Waals surface area contributed by atoms with E-state index >= 15 is 0 Å². The fraction of sp³-hybridized carbons (Fsp3) is 0.375. The molecule has 0 aliphatic heterocycles. The summed E-state index contributed by atoms with van der Waals surface area (Å²) in [6.45, 7) is 9.71. The molecule has 0 atom stereocenters. The molecule has 0 aliphatic rings. The van der Waals surface area contributed by atoms with Crippen LogP contribution in [-0.2, 0) is 15.3 Å². The first-order valence-electron chi connectivity index (χ1n) is 10.2. The van der Waals surface area contributed by atoms with Crippen molar-refractivity contribution in [3.63, 3.8) is 0 Å². The van der Waals surface area contributed by atoms with Gasteiger partial charge in [0.15, 0.2) is 5.75 Å². The van der Waals surface area contributed by atoms with Gasteiger partial charge in [0, 0.05) is 29.5 Å². The monoisotopic (exact) mass is 431 g/mol. The summed E-state index contributed by atoms with van der Waals surface area (Å²) in [6.07, 6.45) is 0. The first kappa shape index (κ1) is 23.9. The molecule has 1 aromatic heterocycles. The van der Waals surface area contributed by atoms with Crippen LogP contribution in [-0.4, -0.2) is 31.4 Å². The number of pyridine rings is 1. The standard InChI is InChI=1S/C24H29NO4.ClH/c1-5-26-21-19-16-12-13-17-20(19)22(25-23(21)27-6-2)24(28-7-3,29-8-4)18-14-10-9-11-15-18;/h9-17H,5-8H2,1-4H3;1H. The summed E-state index contributed by atoms with van der Waals surface area (Å²) in [6, 6.07) is 17.9. The number of benzene rings is 2. The third-order valence-electron chi connectivity index (χ3n) is 4.56. The molecule has 0 saturated heterocycles. The number of ether oxygens (including phenoxy) is 4. The van der Waals surface area contributed by atoms with E-state index in [9.17, 15) is 0 Å². The third-order valence-corrected chi connectivity index (χ3v) is 4.56. The molecule has 2 aromatic carbocycles. The first-order valence-corrected chi connectivity index (χ1v) is 10.2. The lowest BCUT2D eigenvalue weighted by atomic mass is 9.96. The molecule has 0 fully saturated rings. The minimum absolute atomic E-state index is 0. The fourth-order valence-electron chi connectivity index (χ4n) is 3.53. The maximum absolute atomic E-state index is 6.30. The van der Waals surface area contributed by atoms with Gasteiger partial charge in [-0.2, -0.15) is 0 Å². The molecule has 0 aliphatic carbocycles. The van der Waals surface area contributed by atoms with E-state index in [1.54, 1.807) is 0 Å². The van der Waals surface area contributed by atoms with Crippen molar-refractivity contribution < 1.29 is 18.9 Å². The average molecular weight is 432 g/mol. The van der Waals surface area contributed by atoms with E-state index in [0.717, 1.165) is 16.3 Å². The van der Waals surface area contributed by atoms with Crippen molar-refractivity contribution >= 4 is 23.2 Å². The number of hydrogen-bond donors (Lipinski definition) is 0. The first-order chi connectivity index (χ1) is 14.2. The highest BCUT2D eigenvalue weighted by molar-refractivity contribution is 5.92. The summed E-state index contributed by atoms with van der Waals surface area (Å²) in [4.78, 5) is 4.90. The molecule has 1 heterocycles. The normalized spacial score (nSPS) is 11.2. The second kappa shape index (κ2) is 11.2. The van der Waals surface area contributed by atoms with E-state index in [-0.39, 0.29) is 12.4 Å². The van der Waals surface area contributed by atoms with Gasteiger partial charge in [-0.1, -0.05) is 54.6 Å². The second-order valence-corrected chi connectivity index (χ2v) is 6.35. The maximum atomic E-state index is 6.30. The summed E-state index contributed by atoms with van der Waals surface area (Å²) in [5.41, 5.74) is 1.54. The summed E-state index contributed by atoms with van der Waals surface area (Å²) in [5.74, 6) is -0.0625. The highest BCUT2D eigenvalue weighted by Crippen LogP contribution is 2.43. The summed E-state index contributed by atoms with van der Waals surface area (Å²) in [5, 5.41) is 1.83. The van der Waals surface area contributed by atoms with E-state index in [1.165, 1.54) is 0 Å². The van der Waals surface area contributed by atoms with Crippen molar-refractivity contribution in [3.8, 4) is 11.6 Å². The van der Waals surface area contributed by atoms with Crippen molar-refractivity contribution in [1.82, 2.24) is 4.98 Å². The highest BCUT2D eigenvalue weighted by Gasteiger charge is 2.40. The molecule has 0 unspecified atom stereocenters. The molecule has 5 nitrogen and oxygen atoms in total. The van der Waals surface area contributed by atoms with Crippen LogP contribution in [0.2, 0.25) is 0 Å². The Morgan fingerprint density at radius 3 is 1.83 bits per heavy atom. The van der Waals surface area contributed by atoms with Gasteiger partial charge < -0.3 is 18.9 Å². The van der Waals surface area contributed by atoms with Crippen molar-refractivity contribution in [2.45, 2.75) is 33.5 Å². The van der Waals surface area contributed by atoms with Gasteiger partial charge in [-0.05, 0) is 27.7 Å². The van der Waals surface area contributed by atoms with E-state index in [1.807, 2.05) is 82.3 Å². The molecule has 0 N–H and O–H groups in total. The zero-order valence-corrected chi connectivity index (χ0v) is 18.8. The minimum Gasteiger partial charge on any atom is -0.488 e. The lowest BCUT2D eigenvalue weighted by molar-refractivity contribution is -0.214. The topological polar surface area (TPSA) is 49.8 Å². The fourth-order valence-corrected chi connectivity index (χ4v) is 3.53. The van der Waals surface area contributed by atoms with Crippen LogP contribution in [0.1, 0.15) is 39.0 Å². The number of nitrogens with zero attached hydrogens (tertiary/aromatic N) is 1. The van der Waals surface area contributed by atoms with Crippen LogP contribution in [0.4, 0.5) is 0 Å². The Morgan fingerprint density at radius 2 is 1.27 bits per heavy atom. The summed E-state index contributed by atoms with van der Waals surface area (Å²) in [7, 11) is 0. The number of halogens is 1. The van der Waals surface area contributed by atoms with Gasteiger partial charge in [0.2, 0.25) is 5.79 Å². The molecular weight excluding hydrogens is 402 g/mol. The molecule has 0 amide bonds. The third kappa shape index (κ3) is 4.53. The lowest BCUT2D eigenvalue weighted by Crippen LogP contribution is -2.36. The second-order valence-electron chi connectivity index (χ2n) is 6.35. The summed E-state index contributed by atoms with van der Waals surface area (Å²) >= 11 is 0. The lowest BCUT2D eigenvalue weighted by Gasteiger charge is -2.34. The number of hydrogen-bond acceptors (Lipinski definition) is 5. The van der Waals surface area contributed by atoms with Crippen LogP contribution in [0.25, 0.3) is 10.8 Å². The highest BCUT2D eigenvalue weighted by atomic mass is 35.5. The molecule has 0 bridgehead atoms. The van der Waals surface area contributed by atoms with E-state index in [2.05, 4.69) is 0 Å². The molecule has 30 heavy (non-hydrogen) atoms. The largest absolute Gasteiger partial charge is 0.488 e. The Labute approximate surface area is 184 Å². The van der Waals surface area contributed by atoms with Crippen molar-refractivity contribution in [2.75, 3.05) is 26.4 Å². The Morgan fingerprint density at radius 1 is 0.700 bits per heavy atom. The van der Waals surface area contributed by atoms with E-state index in [0.29, 0.717) is 43.8 Å².